The SMILES string of the molecule is CC1CCOC1C(O)c1cnn(C)c1. The summed E-state index contributed by atoms with van der Waals surface area (Å²) in [5, 5.41) is 14.1. The molecule has 0 saturated carbocycles. The zero-order chi connectivity index (χ0) is 10.1. The lowest BCUT2D eigenvalue weighted by Gasteiger charge is -2.19. The van der Waals surface area contributed by atoms with Gasteiger partial charge >= 0.3 is 0 Å². The van der Waals surface area contributed by atoms with E-state index in [0.717, 1.165) is 18.6 Å². The minimum Gasteiger partial charge on any atom is -0.386 e. The molecule has 0 radical (unpaired) electrons. The van der Waals surface area contributed by atoms with Gasteiger partial charge in [-0.1, -0.05) is 6.92 Å². The number of aliphatic hydroxyl groups is 1. The van der Waals surface area contributed by atoms with Crippen molar-refractivity contribution in [2.45, 2.75) is 25.6 Å². The van der Waals surface area contributed by atoms with Gasteiger partial charge in [-0.3, -0.25) is 4.68 Å². The molecule has 1 aliphatic heterocycles. The maximum atomic E-state index is 10.0. The Labute approximate surface area is 83.5 Å². The lowest BCUT2D eigenvalue weighted by Crippen LogP contribution is -2.22. The number of nitrogens with zero attached hydrogens (tertiary/aromatic N) is 2. The van der Waals surface area contributed by atoms with Gasteiger partial charge in [0.05, 0.1) is 12.3 Å². The molecule has 3 atom stereocenters. The lowest BCUT2D eigenvalue weighted by molar-refractivity contribution is -0.0178. The number of rotatable bonds is 2. The van der Waals surface area contributed by atoms with E-state index < -0.39 is 6.10 Å². The summed E-state index contributed by atoms with van der Waals surface area (Å²) in [4.78, 5) is 0. The van der Waals surface area contributed by atoms with Crippen LogP contribution in [-0.2, 0) is 11.8 Å². The Hall–Kier alpha value is -0.870. The van der Waals surface area contributed by atoms with Crippen LogP contribution in [0.1, 0.15) is 25.0 Å². The molecule has 0 spiro atoms. The standard InChI is InChI=1S/C10H16N2O2/c1-7-3-4-14-10(7)9(13)8-5-11-12(2)6-8/h5-7,9-10,13H,3-4H2,1-2H3. The Balaban J connectivity index is 2.11. The van der Waals surface area contributed by atoms with Gasteiger partial charge in [0.15, 0.2) is 0 Å². The van der Waals surface area contributed by atoms with Crippen molar-refractivity contribution >= 4 is 0 Å². The van der Waals surface area contributed by atoms with E-state index >= 15 is 0 Å². The second-order valence-corrected chi connectivity index (χ2v) is 3.99. The summed E-state index contributed by atoms with van der Waals surface area (Å²) in [7, 11) is 1.84. The molecule has 78 valence electrons. The number of hydrogen-bond acceptors (Lipinski definition) is 3. The summed E-state index contributed by atoms with van der Waals surface area (Å²) >= 11 is 0. The van der Waals surface area contributed by atoms with Crippen molar-refractivity contribution < 1.29 is 9.84 Å². The second kappa shape index (κ2) is 3.71. The number of hydrogen-bond donors (Lipinski definition) is 1. The van der Waals surface area contributed by atoms with Crippen molar-refractivity contribution in [1.82, 2.24) is 9.78 Å². The van der Waals surface area contributed by atoms with Gasteiger partial charge in [0.25, 0.3) is 0 Å². The van der Waals surface area contributed by atoms with Gasteiger partial charge in [-0.2, -0.15) is 5.10 Å². The van der Waals surface area contributed by atoms with E-state index in [9.17, 15) is 5.11 Å². The molecular formula is C10H16N2O2. The van der Waals surface area contributed by atoms with Crippen LogP contribution in [0.4, 0.5) is 0 Å². The maximum Gasteiger partial charge on any atom is 0.108 e. The van der Waals surface area contributed by atoms with Gasteiger partial charge in [-0.05, 0) is 12.3 Å². The average Bonchev–Trinajstić information content (AvgIpc) is 2.73. The highest BCUT2D eigenvalue weighted by Gasteiger charge is 2.32. The van der Waals surface area contributed by atoms with Gasteiger partial charge < -0.3 is 9.84 Å². The van der Waals surface area contributed by atoms with Crippen molar-refractivity contribution in [2.24, 2.45) is 13.0 Å². The number of ether oxygens (including phenoxy) is 1. The van der Waals surface area contributed by atoms with E-state index in [-0.39, 0.29) is 6.10 Å². The molecule has 1 fully saturated rings. The largest absolute Gasteiger partial charge is 0.386 e. The lowest BCUT2D eigenvalue weighted by atomic mass is 9.96. The third kappa shape index (κ3) is 1.67. The van der Waals surface area contributed by atoms with Crippen LogP contribution in [-0.4, -0.2) is 27.6 Å². The first kappa shape index (κ1) is 9.68. The van der Waals surface area contributed by atoms with Gasteiger partial charge in [0, 0.05) is 25.4 Å². The van der Waals surface area contributed by atoms with Crippen LogP contribution >= 0.6 is 0 Å². The molecule has 0 amide bonds. The molecule has 0 bridgehead atoms. The Kier molecular flexibility index (Phi) is 2.56. The molecule has 4 nitrogen and oxygen atoms in total. The van der Waals surface area contributed by atoms with Crippen LogP contribution in [0.25, 0.3) is 0 Å². The van der Waals surface area contributed by atoms with E-state index in [4.69, 9.17) is 4.74 Å². The van der Waals surface area contributed by atoms with Crippen molar-refractivity contribution in [3.63, 3.8) is 0 Å². The summed E-state index contributed by atoms with van der Waals surface area (Å²) in [6.45, 7) is 2.86. The smallest absolute Gasteiger partial charge is 0.108 e. The molecule has 2 heterocycles. The molecule has 14 heavy (non-hydrogen) atoms. The van der Waals surface area contributed by atoms with Crippen LogP contribution in [0.2, 0.25) is 0 Å². The van der Waals surface area contributed by atoms with Crippen molar-refractivity contribution in [3.05, 3.63) is 18.0 Å². The minimum absolute atomic E-state index is 0.0702. The second-order valence-electron chi connectivity index (χ2n) is 3.99. The summed E-state index contributed by atoms with van der Waals surface area (Å²) < 4.78 is 7.20. The number of aryl methyl sites for hydroxylation is 1. The first-order valence-electron chi connectivity index (χ1n) is 4.96. The molecule has 2 rings (SSSR count). The van der Waals surface area contributed by atoms with E-state index in [2.05, 4.69) is 12.0 Å². The fourth-order valence-electron chi connectivity index (χ4n) is 1.90. The van der Waals surface area contributed by atoms with Crippen molar-refractivity contribution in [3.8, 4) is 0 Å². The Bertz CT molecular complexity index is 311. The summed E-state index contributed by atoms with van der Waals surface area (Å²) in [6.07, 6.45) is 3.94. The fraction of sp³-hybridized carbons (Fsp3) is 0.700. The van der Waals surface area contributed by atoms with E-state index in [1.807, 2.05) is 13.2 Å². The predicted molar refractivity (Wildman–Crippen MR) is 51.7 cm³/mol. The van der Waals surface area contributed by atoms with E-state index in [1.165, 1.54) is 0 Å². The van der Waals surface area contributed by atoms with Crippen molar-refractivity contribution in [1.29, 1.82) is 0 Å². The van der Waals surface area contributed by atoms with Crippen molar-refractivity contribution in [2.75, 3.05) is 6.61 Å². The predicted octanol–water partition coefficient (Wildman–Crippen LogP) is 0.879. The van der Waals surface area contributed by atoms with Crippen LogP contribution < -0.4 is 0 Å². The molecule has 1 N–H and O–H groups in total. The Morgan fingerprint density at radius 3 is 3.00 bits per heavy atom. The van der Waals surface area contributed by atoms with Crippen LogP contribution in [0.5, 0.6) is 0 Å². The summed E-state index contributed by atoms with van der Waals surface area (Å²) in [5.74, 6) is 0.421. The number of aliphatic hydroxyl groups excluding tert-OH is 1. The van der Waals surface area contributed by atoms with Gasteiger partial charge in [0.2, 0.25) is 0 Å². The molecule has 1 aliphatic rings. The zero-order valence-electron chi connectivity index (χ0n) is 8.55. The maximum absolute atomic E-state index is 10.0. The summed E-state index contributed by atoms with van der Waals surface area (Å²) in [6, 6.07) is 0. The van der Waals surface area contributed by atoms with Crippen LogP contribution in [0, 0.1) is 5.92 Å². The molecule has 3 unspecified atom stereocenters. The van der Waals surface area contributed by atoms with E-state index in [1.54, 1.807) is 10.9 Å². The van der Waals surface area contributed by atoms with Gasteiger partial charge in [-0.25, -0.2) is 0 Å². The van der Waals surface area contributed by atoms with Gasteiger partial charge in [-0.15, -0.1) is 0 Å². The molecule has 1 saturated heterocycles. The Morgan fingerprint density at radius 1 is 1.71 bits per heavy atom. The highest BCUT2D eigenvalue weighted by atomic mass is 16.5. The monoisotopic (exact) mass is 196 g/mol. The zero-order valence-corrected chi connectivity index (χ0v) is 8.55. The quantitative estimate of drug-likeness (QED) is 0.763. The first-order chi connectivity index (χ1) is 6.68. The fourth-order valence-corrected chi connectivity index (χ4v) is 1.90. The molecular weight excluding hydrogens is 180 g/mol. The van der Waals surface area contributed by atoms with Crippen LogP contribution in [0.15, 0.2) is 12.4 Å². The summed E-state index contributed by atoms with van der Waals surface area (Å²) in [5.41, 5.74) is 0.839. The first-order valence-corrected chi connectivity index (χ1v) is 4.96. The molecule has 1 aromatic rings. The topological polar surface area (TPSA) is 47.3 Å². The minimum atomic E-state index is -0.541. The third-order valence-electron chi connectivity index (χ3n) is 2.82. The Morgan fingerprint density at radius 2 is 2.50 bits per heavy atom. The highest BCUT2D eigenvalue weighted by Crippen LogP contribution is 2.30. The molecule has 0 aliphatic carbocycles. The molecule has 1 aromatic heterocycles. The van der Waals surface area contributed by atoms with E-state index in [0.29, 0.717) is 5.92 Å². The molecule has 4 heteroatoms. The highest BCUT2D eigenvalue weighted by molar-refractivity contribution is 5.10. The average molecular weight is 196 g/mol. The van der Waals surface area contributed by atoms with Gasteiger partial charge in [0.1, 0.15) is 6.10 Å². The number of aromatic nitrogens is 2. The molecule has 0 aromatic carbocycles. The van der Waals surface area contributed by atoms with Crippen LogP contribution in [0.3, 0.4) is 0 Å². The normalized spacial score (nSPS) is 29.4. The third-order valence-corrected chi connectivity index (χ3v) is 2.82.